The number of benzene rings is 6. The Kier molecular flexibility index (Phi) is 5.48. The average molecular weight is 569 g/mol. The molecule has 6 aromatic carbocycles. The quantitative estimate of drug-likeness (QED) is 0.193. The molecular weight excluding hydrogens is 541 g/mol. The molecule has 204 valence electrons. The van der Waals surface area contributed by atoms with Crippen LogP contribution in [-0.4, -0.2) is 0 Å². The van der Waals surface area contributed by atoms with Gasteiger partial charge in [-0.25, -0.2) is 0 Å². The zero-order valence-electron chi connectivity index (χ0n) is 23.8. The van der Waals surface area contributed by atoms with Crippen LogP contribution in [0.5, 0.6) is 0 Å². The van der Waals surface area contributed by atoms with Crippen LogP contribution >= 0.6 is 11.3 Å². The molecule has 0 amide bonds. The lowest BCUT2D eigenvalue weighted by molar-refractivity contribution is 0.669. The van der Waals surface area contributed by atoms with E-state index in [1.807, 2.05) is 23.5 Å². The molecule has 1 nitrogen and oxygen atoms in total. The van der Waals surface area contributed by atoms with Gasteiger partial charge >= 0.3 is 0 Å². The van der Waals surface area contributed by atoms with Gasteiger partial charge in [-0.1, -0.05) is 91.9 Å². The molecule has 0 aliphatic heterocycles. The minimum Gasteiger partial charge on any atom is -0.456 e. The maximum Gasteiger partial charge on any atom is 0.135 e. The van der Waals surface area contributed by atoms with Gasteiger partial charge in [-0.15, -0.1) is 11.3 Å². The lowest BCUT2D eigenvalue weighted by Crippen LogP contribution is -2.02. The Labute approximate surface area is 254 Å². The second-order valence-electron chi connectivity index (χ2n) is 11.7. The van der Waals surface area contributed by atoms with E-state index in [2.05, 4.69) is 128 Å². The van der Waals surface area contributed by atoms with Gasteiger partial charge in [0.25, 0.3) is 0 Å². The third-order valence-corrected chi connectivity index (χ3v) is 10.3. The summed E-state index contributed by atoms with van der Waals surface area (Å²) in [6.07, 6.45) is 5.78. The smallest absolute Gasteiger partial charge is 0.135 e. The van der Waals surface area contributed by atoms with Crippen LogP contribution in [0.3, 0.4) is 0 Å². The molecule has 1 atom stereocenters. The van der Waals surface area contributed by atoms with Gasteiger partial charge < -0.3 is 4.42 Å². The van der Waals surface area contributed by atoms with Gasteiger partial charge in [-0.3, -0.25) is 0 Å². The number of fused-ring (bicyclic) bond motifs is 9. The summed E-state index contributed by atoms with van der Waals surface area (Å²) in [7, 11) is 0. The molecule has 0 bridgehead atoms. The molecule has 0 radical (unpaired) electrons. The number of rotatable bonds is 3. The first-order valence-corrected chi connectivity index (χ1v) is 15.8. The molecule has 0 saturated heterocycles. The van der Waals surface area contributed by atoms with Crippen LogP contribution in [0.2, 0.25) is 0 Å². The van der Waals surface area contributed by atoms with Crippen molar-refractivity contribution in [2.45, 2.75) is 19.3 Å². The zero-order valence-corrected chi connectivity index (χ0v) is 24.6. The molecule has 2 aromatic heterocycles. The molecule has 1 aliphatic rings. The Hall–Kier alpha value is -4.92. The minimum atomic E-state index is 0.486. The molecule has 0 N–H and O–H groups in total. The van der Waals surface area contributed by atoms with Gasteiger partial charge in [0.15, 0.2) is 0 Å². The van der Waals surface area contributed by atoms with Crippen LogP contribution in [-0.2, 0) is 0 Å². The summed E-state index contributed by atoms with van der Waals surface area (Å²) in [4.78, 5) is 2.55. The second kappa shape index (κ2) is 9.55. The third kappa shape index (κ3) is 3.91. The number of furan rings is 1. The number of thiophene rings is 1. The predicted molar refractivity (Wildman–Crippen MR) is 185 cm³/mol. The fourth-order valence-electron chi connectivity index (χ4n) is 7.00. The lowest BCUT2D eigenvalue weighted by Gasteiger charge is -2.23. The Bertz CT molecular complexity index is 2390. The summed E-state index contributed by atoms with van der Waals surface area (Å²) >= 11 is 1.86. The van der Waals surface area contributed by atoms with Crippen molar-refractivity contribution in [2.75, 3.05) is 0 Å². The third-order valence-electron chi connectivity index (χ3n) is 9.13. The van der Waals surface area contributed by atoms with Gasteiger partial charge in [0.2, 0.25) is 0 Å². The topological polar surface area (TPSA) is 13.1 Å². The predicted octanol–water partition coefficient (Wildman–Crippen LogP) is 12.5. The molecule has 43 heavy (non-hydrogen) atoms. The van der Waals surface area contributed by atoms with E-state index in [0.717, 1.165) is 17.6 Å². The highest BCUT2D eigenvalue weighted by atomic mass is 32.1. The first-order chi connectivity index (χ1) is 21.2. The standard InChI is InChI=1S/C41H28OS/c1-25-8-7-12-32-34-22-27(26-9-3-2-4-10-26)14-17-30(34)35-23-28(15-18-33(35)41(25)32)39-20-21-40(43-39)29-16-19-38-36(24-29)31-11-5-6-13-37(31)42-38/h2-7,9-25H,8H2,1H3. The zero-order chi connectivity index (χ0) is 28.5. The molecule has 0 spiro atoms. The highest BCUT2D eigenvalue weighted by molar-refractivity contribution is 7.18. The summed E-state index contributed by atoms with van der Waals surface area (Å²) in [5.41, 5.74) is 9.76. The summed E-state index contributed by atoms with van der Waals surface area (Å²) in [5, 5.41) is 7.72. The SMILES string of the molecule is CC1CC=Cc2c1c1ccc(-c3ccc(-c4ccc5oc6ccccc6c5c4)s3)cc1c1ccc(-c3ccccc3)cc21. The summed E-state index contributed by atoms with van der Waals surface area (Å²) < 4.78 is 6.07. The molecule has 0 saturated carbocycles. The molecule has 8 aromatic rings. The van der Waals surface area contributed by atoms with E-state index in [9.17, 15) is 0 Å². The van der Waals surface area contributed by atoms with Gasteiger partial charge in [-0.05, 0) is 116 Å². The van der Waals surface area contributed by atoms with Crippen LogP contribution < -0.4 is 0 Å². The number of hydrogen-bond acceptors (Lipinski definition) is 2. The van der Waals surface area contributed by atoms with Crippen molar-refractivity contribution in [3.63, 3.8) is 0 Å². The van der Waals surface area contributed by atoms with Crippen molar-refractivity contribution in [3.8, 4) is 32.0 Å². The van der Waals surface area contributed by atoms with E-state index in [1.54, 1.807) is 0 Å². The van der Waals surface area contributed by atoms with Gasteiger partial charge in [0.1, 0.15) is 11.2 Å². The van der Waals surface area contributed by atoms with Crippen LogP contribution in [0.15, 0.2) is 132 Å². The fraction of sp³-hybridized carbons (Fsp3) is 0.0732. The molecule has 0 fully saturated rings. The molecular formula is C41H28OS. The largest absolute Gasteiger partial charge is 0.456 e. The Morgan fingerprint density at radius 2 is 1.21 bits per heavy atom. The van der Waals surface area contributed by atoms with Crippen molar-refractivity contribution in [1.82, 2.24) is 0 Å². The second-order valence-corrected chi connectivity index (χ2v) is 12.8. The Morgan fingerprint density at radius 3 is 2.07 bits per heavy atom. The first kappa shape index (κ1) is 24.7. The lowest BCUT2D eigenvalue weighted by atomic mass is 9.80. The maximum absolute atomic E-state index is 6.07. The van der Waals surface area contributed by atoms with Crippen molar-refractivity contribution in [2.24, 2.45) is 0 Å². The van der Waals surface area contributed by atoms with Crippen molar-refractivity contribution < 1.29 is 4.42 Å². The van der Waals surface area contributed by atoms with E-state index >= 15 is 0 Å². The molecule has 2 heteroatoms. The van der Waals surface area contributed by atoms with E-state index in [4.69, 9.17) is 4.42 Å². The minimum absolute atomic E-state index is 0.486. The van der Waals surface area contributed by atoms with Gasteiger partial charge in [0.05, 0.1) is 0 Å². The first-order valence-electron chi connectivity index (χ1n) is 15.0. The Morgan fingerprint density at radius 1 is 0.535 bits per heavy atom. The highest BCUT2D eigenvalue weighted by Crippen LogP contribution is 2.45. The van der Waals surface area contributed by atoms with Crippen molar-refractivity contribution in [3.05, 3.63) is 139 Å². The van der Waals surface area contributed by atoms with Crippen LogP contribution in [0, 0.1) is 0 Å². The van der Waals surface area contributed by atoms with Crippen molar-refractivity contribution >= 4 is 60.9 Å². The van der Waals surface area contributed by atoms with Gasteiger partial charge in [0, 0.05) is 20.5 Å². The molecule has 9 rings (SSSR count). The summed E-state index contributed by atoms with van der Waals surface area (Å²) in [6, 6.07) is 44.2. The van der Waals surface area contributed by atoms with Gasteiger partial charge in [-0.2, -0.15) is 0 Å². The maximum atomic E-state index is 6.07. The summed E-state index contributed by atoms with van der Waals surface area (Å²) in [5.74, 6) is 0.486. The fourth-order valence-corrected chi connectivity index (χ4v) is 8.00. The van der Waals surface area contributed by atoms with Crippen LogP contribution in [0.1, 0.15) is 30.4 Å². The van der Waals surface area contributed by atoms with E-state index < -0.39 is 0 Å². The Balaban J connectivity index is 1.19. The monoisotopic (exact) mass is 568 g/mol. The van der Waals surface area contributed by atoms with Crippen LogP contribution in [0.25, 0.3) is 81.6 Å². The van der Waals surface area contributed by atoms with E-state index in [-0.39, 0.29) is 0 Å². The summed E-state index contributed by atoms with van der Waals surface area (Å²) in [6.45, 7) is 2.37. The average Bonchev–Trinajstić information content (AvgIpc) is 3.70. The van der Waals surface area contributed by atoms with E-state index in [0.29, 0.717) is 5.92 Å². The van der Waals surface area contributed by atoms with E-state index in [1.165, 1.54) is 75.5 Å². The molecule has 1 aliphatic carbocycles. The molecule has 2 heterocycles. The number of hydrogen-bond donors (Lipinski definition) is 0. The normalized spacial score (nSPS) is 14.7. The van der Waals surface area contributed by atoms with Crippen molar-refractivity contribution in [1.29, 1.82) is 0 Å². The highest BCUT2D eigenvalue weighted by Gasteiger charge is 2.21. The number of allylic oxidation sites excluding steroid dienone is 1. The number of para-hydroxylation sites is 1. The molecule has 1 unspecified atom stereocenters. The van der Waals surface area contributed by atoms with Crippen LogP contribution in [0.4, 0.5) is 0 Å².